The normalized spacial score (nSPS) is 10.8. The molecule has 3 aromatic rings. The van der Waals surface area contributed by atoms with E-state index in [0.29, 0.717) is 47.2 Å². The fourth-order valence-corrected chi connectivity index (χ4v) is 3.49. The van der Waals surface area contributed by atoms with Crippen LogP contribution in [0.5, 0.6) is 17.4 Å². The Hall–Kier alpha value is -2.54. The molecular weight excluding hydrogens is 454 g/mol. The summed E-state index contributed by atoms with van der Waals surface area (Å²) in [7, 11) is 0. The molecule has 0 aliphatic rings. The van der Waals surface area contributed by atoms with Crippen LogP contribution in [-0.4, -0.2) is 24.7 Å². The largest absolute Gasteiger partial charge is 0.490 e. The lowest BCUT2D eigenvalue weighted by Crippen LogP contribution is -2.17. The second kappa shape index (κ2) is 12.5. The zero-order valence-electron chi connectivity index (χ0n) is 17.7. The van der Waals surface area contributed by atoms with E-state index in [1.54, 1.807) is 24.4 Å². The van der Waals surface area contributed by atoms with E-state index >= 15 is 0 Å². The van der Waals surface area contributed by atoms with Gasteiger partial charge in [-0.2, -0.15) is 0 Å². The first-order valence-corrected chi connectivity index (χ1v) is 11.1. The molecule has 0 aliphatic heterocycles. The number of benzene rings is 2. The maximum Gasteiger partial charge on any atom is 0.213 e. The standard InChI is InChI=1S/C24H25Cl2FN2O3/c1-2-30-22-14-17(15-28-10-6-12-31-23-9-3-4-11-29-23)13-20(26)24(22)32-16-18-19(25)7-5-8-21(18)27/h3-5,7-9,11,13-14,28H,2,6,10,12,15-16H2,1H3. The van der Waals surface area contributed by atoms with E-state index in [-0.39, 0.29) is 12.2 Å². The van der Waals surface area contributed by atoms with Crippen molar-refractivity contribution < 1.29 is 18.6 Å². The first kappa shape index (κ1) is 24.1. The zero-order chi connectivity index (χ0) is 22.8. The summed E-state index contributed by atoms with van der Waals surface area (Å²) in [6.07, 6.45) is 2.53. The van der Waals surface area contributed by atoms with Gasteiger partial charge in [0.15, 0.2) is 11.5 Å². The second-order valence-corrected chi connectivity index (χ2v) is 7.69. The number of hydrogen-bond donors (Lipinski definition) is 1. The van der Waals surface area contributed by atoms with Crippen LogP contribution in [0.25, 0.3) is 0 Å². The van der Waals surface area contributed by atoms with Crippen LogP contribution in [-0.2, 0) is 13.2 Å². The molecule has 32 heavy (non-hydrogen) atoms. The lowest BCUT2D eigenvalue weighted by atomic mass is 10.2. The van der Waals surface area contributed by atoms with Gasteiger partial charge in [-0.15, -0.1) is 0 Å². The molecule has 1 aromatic heterocycles. The molecule has 170 valence electrons. The number of halogens is 3. The summed E-state index contributed by atoms with van der Waals surface area (Å²) in [5.41, 5.74) is 1.21. The minimum Gasteiger partial charge on any atom is -0.490 e. The second-order valence-electron chi connectivity index (χ2n) is 6.87. The number of ether oxygens (including phenoxy) is 3. The van der Waals surface area contributed by atoms with Crippen molar-refractivity contribution in [3.63, 3.8) is 0 Å². The maximum absolute atomic E-state index is 14.0. The van der Waals surface area contributed by atoms with Gasteiger partial charge >= 0.3 is 0 Å². The van der Waals surface area contributed by atoms with Crippen LogP contribution in [0, 0.1) is 5.82 Å². The molecule has 0 saturated heterocycles. The predicted molar refractivity (Wildman–Crippen MR) is 124 cm³/mol. The third kappa shape index (κ3) is 6.99. The molecule has 0 amide bonds. The first-order valence-electron chi connectivity index (χ1n) is 10.3. The van der Waals surface area contributed by atoms with Gasteiger partial charge < -0.3 is 19.5 Å². The van der Waals surface area contributed by atoms with Crippen molar-refractivity contribution >= 4 is 23.2 Å². The molecule has 1 N–H and O–H groups in total. The Kier molecular flexibility index (Phi) is 9.41. The van der Waals surface area contributed by atoms with Gasteiger partial charge in [-0.1, -0.05) is 35.3 Å². The molecule has 0 spiro atoms. The van der Waals surface area contributed by atoms with Crippen LogP contribution in [0.15, 0.2) is 54.7 Å². The number of hydrogen-bond acceptors (Lipinski definition) is 5. The van der Waals surface area contributed by atoms with Crippen molar-refractivity contribution in [2.24, 2.45) is 0 Å². The molecule has 0 fully saturated rings. The highest BCUT2D eigenvalue weighted by Crippen LogP contribution is 2.37. The molecule has 5 nitrogen and oxygen atoms in total. The highest BCUT2D eigenvalue weighted by molar-refractivity contribution is 6.32. The molecule has 0 radical (unpaired) electrons. The van der Waals surface area contributed by atoms with Gasteiger partial charge in [0.25, 0.3) is 0 Å². The average molecular weight is 479 g/mol. The molecular formula is C24H25Cl2FN2O3. The highest BCUT2D eigenvalue weighted by Gasteiger charge is 2.15. The third-order valence-corrected chi connectivity index (χ3v) is 5.14. The molecule has 0 atom stereocenters. The Bertz CT molecular complexity index is 986. The van der Waals surface area contributed by atoms with Gasteiger partial charge in [0, 0.05) is 24.4 Å². The maximum atomic E-state index is 14.0. The highest BCUT2D eigenvalue weighted by atomic mass is 35.5. The van der Waals surface area contributed by atoms with E-state index in [2.05, 4.69) is 10.3 Å². The minimum absolute atomic E-state index is 0.0564. The van der Waals surface area contributed by atoms with E-state index in [9.17, 15) is 4.39 Å². The number of nitrogens with one attached hydrogen (secondary N) is 1. The summed E-state index contributed by atoms with van der Waals surface area (Å²) in [5, 5.41) is 4.04. The number of rotatable bonds is 12. The smallest absolute Gasteiger partial charge is 0.213 e. The number of aromatic nitrogens is 1. The van der Waals surface area contributed by atoms with Crippen molar-refractivity contribution in [3.05, 3.63) is 81.7 Å². The molecule has 2 aromatic carbocycles. The molecule has 0 aliphatic carbocycles. The molecule has 0 unspecified atom stereocenters. The fourth-order valence-electron chi connectivity index (χ4n) is 2.98. The SMILES string of the molecule is CCOc1cc(CNCCCOc2ccccn2)cc(Cl)c1OCc1c(F)cccc1Cl. The van der Waals surface area contributed by atoms with Gasteiger partial charge in [0.1, 0.15) is 12.4 Å². The van der Waals surface area contributed by atoms with Crippen LogP contribution in [0.2, 0.25) is 10.0 Å². The van der Waals surface area contributed by atoms with Crippen molar-refractivity contribution in [1.29, 1.82) is 0 Å². The molecule has 1 heterocycles. The van der Waals surface area contributed by atoms with Crippen molar-refractivity contribution in [3.8, 4) is 17.4 Å². The Morgan fingerprint density at radius 3 is 2.62 bits per heavy atom. The van der Waals surface area contributed by atoms with Crippen LogP contribution < -0.4 is 19.5 Å². The Labute approximate surface area is 197 Å². The van der Waals surface area contributed by atoms with Gasteiger partial charge in [0.2, 0.25) is 5.88 Å². The summed E-state index contributed by atoms with van der Waals surface area (Å²) in [4.78, 5) is 4.12. The quantitative estimate of drug-likeness (QED) is 0.320. The van der Waals surface area contributed by atoms with E-state index in [0.717, 1.165) is 18.5 Å². The van der Waals surface area contributed by atoms with E-state index in [1.807, 2.05) is 31.2 Å². The van der Waals surface area contributed by atoms with E-state index in [4.69, 9.17) is 37.4 Å². The molecule has 8 heteroatoms. The summed E-state index contributed by atoms with van der Waals surface area (Å²) in [6.45, 7) is 4.19. The van der Waals surface area contributed by atoms with Crippen molar-refractivity contribution in [2.45, 2.75) is 26.5 Å². The van der Waals surface area contributed by atoms with E-state index in [1.165, 1.54) is 6.07 Å². The summed E-state index contributed by atoms with van der Waals surface area (Å²) >= 11 is 12.5. The Morgan fingerprint density at radius 2 is 1.88 bits per heavy atom. The Balaban J connectivity index is 1.55. The lowest BCUT2D eigenvalue weighted by molar-refractivity contribution is 0.266. The minimum atomic E-state index is -0.431. The van der Waals surface area contributed by atoms with Crippen molar-refractivity contribution in [1.82, 2.24) is 10.3 Å². The predicted octanol–water partition coefficient (Wildman–Crippen LogP) is 6.06. The summed E-state index contributed by atoms with van der Waals surface area (Å²) in [6, 6.07) is 13.7. The summed E-state index contributed by atoms with van der Waals surface area (Å²) < 4.78 is 31.1. The third-order valence-electron chi connectivity index (χ3n) is 4.51. The monoisotopic (exact) mass is 478 g/mol. The molecule has 0 saturated carbocycles. The molecule has 0 bridgehead atoms. The van der Waals surface area contributed by atoms with Gasteiger partial charge in [-0.3, -0.25) is 0 Å². The van der Waals surface area contributed by atoms with Crippen LogP contribution in [0.4, 0.5) is 4.39 Å². The average Bonchev–Trinajstić information content (AvgIpc) is 2.78. The topological polar surface area (TPSA) is 52.6 Å². The first-order chi connectivity index (χ1) is 15.6. The van der Waals surface area contributed by atoms with E-state index < -0.39 is 5.82 Å². The Morgan fingerprint density at radius 1 is 1.00 bits per heavy atom. The van der Waals surface area contributed by atoms with Gasteiger partial charge in [-0.25, -0.2) is 9.37 Å². The zero-order valence-corrected chi connectivity index (χ0v) is 19.3. The fraction of sp³-hybridized carbons (Fsp3) is 0.292. The van der Waals surface area contributed by atoms with Crippen LogP contribution >= 0.6 is 23.2 Å². The van der Waals surface area contributed by atoms with Gasteiger partial charge in [-0.05, 0) is 55.8 Å². The lowest BCUT2D eigenvalue weighted by Gasteiger charge is -2.16. The van der Waals surface area contributed by atoms with Gasteiger partial charge in [0.05, 0.1) is 23.3 Å². The van der Waals surface area contributed by atoms with Crippen molar-refractivity contribution in [2.75, 3.05) is 19.8 Å². The number of pyridine rings is 1. The summed E-state index contributed by atoms with van der Waals surface area (Å²) in [5.74, 6) is 1.05. The number of nitrogens with zero attached hydrogens (tertiary/aromatic N) is 1. The van der Waals surface area contributed by atoms with Crippen LogP contribution in [0.3, 0.4) is 0 Å². The molecule has 3 rings (SSSR count). The van der Waals surface area contributed by atoms with Crippen LogP contribution in [0.1, 0.15) is 24.5 Å².